The fourth-order valence-electron chi connectivity index (χ4n) is 2.19. The maximum Gasteiger partial charge on any atom is 0.251 e. The van der Waals surface area contributed by atoms with Crippen molar-refractivity contribution in [3.05, 3.63) is 29.8 Å². The number of hydrogen-bond acceptors (Lipinski definition) is 2. The van der Waals surface area contributed by atoms with Crippen molar-refractivity contribution < 1.29 is 9.59 Å². The average Bonchev–Trinajstić information content (AvgIpc) is 2.80. The van der Waals surface area contributed by atoms with E-state index < -0.39 is 0 Å². The summed E-state index contributed by atoms with van der Waals surface area (Å²) in [4.78, 5) is 25.3. The van der Waals surface area contributed by atoms with Gasteiger partial charge in [-0.2, -0.15) is 0 Å². The first-order valence-corrected chi connectivity index (χ1v) is 7.52. The topological polar surface area (TPSA) is 49.4 Å². The van der Waals surface area contributed by atoms with E-state index in [4.69, 9.17) is 0 Å². The number of rotatable bonds is 4. The molecule has 4 nitrogen and oxygen atoms in total. The lowest BCUT2D eigenvalue weighted by molar-refractivity contribution is -0.117. The molecule has 0 spiro atoms. The summed E-state index contributed by atoms with van der Waals surface area (Å²) in [5.41, 5.74) is 1.48. The summed E-state index contributed by atoms with van der Waals surface area (Å²) < 4.78 is 0. The second-order valence-electron chi connectivity index (χ2n) is 4.64. The third-order valence-electron chi connectivity index (χ3n) is 3.20. The molecule has 1 N–H and O–H groups in total. The SMILES string of the molecule is CCNC(=O)c1ccc(N2CC(CBr)CC2=O)cc1. The number of anilines is 1. The Balaban J connectivity index is 2.10. The number of amides is 2. The first-order chi connectivity index (χ1) is 9.15. The monoisotopic (exact) mass is 324 g/mol. The van der Waals surface area contributed by atoms with Gasteiger partial charge < -0.3 is 10.2 Å². The average molecular weight is 325 g/mol. The third-order valence-corrected chi connectivity index (χ3v) is 4.12. The fourth-order valence-corrected chi connectivity index (χ4v) is 2.62. The molecule has 1 atom stereocenters. The Hall–Kier alpha value is -1.36. The second kappa shape index (κ2) is 6.19. The maximum absolute atomic E-state index is 11.9. The molecule has 1 aliphatic heterocycles. The van der Waals surface area contributed by atoms with E-state index in [-0.39, 0.29) is 11.8 Å². The zero-order chi connectivity index (χ0) is 13.8. The molecule has 0 bridgehead atoms. The zero-order valence-electron chi connectivity index (χ0n) is 10.9. The van der Waals surface area contributed by atoms with Gasteiger partial charge in [0.1, 0.15) is 0 Å². The summed E-state index contributed by atoms with van der Waals surface area (Å²) in [6.45, 7) is 3.23. The molecule has 1 fully saturated rings. The van der Waals surface area contributed by atoms with Crippen LogP contribution in [0.25, 0.3) is 0 Å². The smallest absolute Gasteiger partial charge is 0.251 e. The highest BCUT2D eigenvalue weighted by Gasteiger charge is 2.29. The molecule has 5 heteroatoms. The largest absolute Gasteiger partial charge is 0.352 e. The predicted molar refractivity (Wildman–Crippen MR) is 78.7 cm³/mol. The number of halogens is 1. The van der Waals surface area contributed by atoms with Gasteiger partial charge >= 0.3 is 0 Å². The molecular formula is C14H17BrN2O2. The third kappa shape index (κ3) is 3.15. The van der Waals surface area contributed by atoms with Crippen molar-refractivity contribution in [3.63, 3.8) is 0 Å². The molecule has 0 saturated carbocycles. The summed E-state index contributed by atoms with van der Waals surface area (Å²) in [6.07, 6.45) is 0.587. The van der Waals surface area contributed by atoms with Gasteiger partial charge in [0.15, 0.2) is 0 Å². The van der Waals surface area contributed by atoms with Crippen molar-refractivity contribution >= 4 is 33.4 Å². The zero-order valence-corrected chi connectivity index (χ0v) is 12.4. The van der Waals surface area contributed by atoms with Crippen LogP contribution < -0.4 is 10.2 Å². The van der Waals surface area contributed by atoms with Crippen molar-refractivity contribution in [2.24, 2.45) is 5.92 Å². The number of alkyl halides is 1. The molecule has 1 unspecified atom stereocenters. The van der Waals surface area contributed by atoms with Crippen LogP contribution >= 0.6 is 15.9 Å². The number of carbonyl (C=O) groups is 2. The lowest BCUT2D eigenvalue weighted by Crippen LogP contribution is -2.25. The molecular weight excluding hydrogens is 308 g/mol. The molecule has 0 radical (unpaired) electrons. The molecule has 1 aromatic rings. The lowest BCUT2D eigenvalue weighted by atomic mass is 10.1. The van der Waals surface area contributed by atoms with Gasteiger partial charge in [-0.05, 0) is 37.1 Å². The minimum absolute atomic E-state index is 0.0832. The number of nitrogens with one attached hydrogen (secondary N) is 1. The first kappa shape index (κ1) is 14.1. The number of nitrogens with zero attached hydrogens (tertiary/aromatic N) is 1. The molecule has 1 saturated heterocycles. The number of carbonyl (C=O) groups excluding carboxylic acids is 2. The molecule has 19 heavy (non-hydrogen) atoms. The Kier molecular flexibility index (Phi) is 4.58. The van der Waals surface area contributed by atoms with Gasteiger partial charge in [0.05, 0.1) is 0 Å². The van der Waals surface area contributed by atoms with Crippen LogP contribution in [0.5, 0.6) is 0 Å². The van der Waals surface area contributed by atoms with Crippen LogP contribution in [-0.2, 0) is 4.79 Å². The minimum atomic E-state index is -0.0832. The Morgan fingerprint density at radius 3 is 2.63 bits per heavy atom. The van der Waals surface area contributed by atoms with Gasteiger partial charge in [0, 0.05) is 36.1 Å². The van der Waals surface area contributed by atoms with Gasteiger partial charge in [-0.15, -0.1) is 0 Å². The summed E-state index contributed by atoms with van der Waals surface area (Å²) in [7, 11) is 0. The van der Waals surface area contributed by atoms with Crippen molar-refractivity contribution in [2.45, 2.75) is 13.3 Å². The minimum Gasteiger partial charge on any atom is -0.352 e. The van der Waals surface area contributed by atoms with E-state index in [0.29, 0.717) is 24.4 Å². The van der Waals surface area contributed by atoms with E-state index in [1.165, 1.54) is 0 Å². The van der Waals surface area contributed by atoms with E-state index in [2.05, 4.69) is 21.2 Å². The van der Waals surface area contributed by atoms with Crippen LogP contribution in [0.2, 0.25) is 0 Å². The van der Waals surface area contributed by atoms with Gasteiger partial charge in [0.25, 0.3) is 5.91 Å². The summed E-state index contributed by atoms with van der Waals surface area (Å²) in [6, 6.07) is 7.18. The molecule has 1 heterocycles. The van der Waals surface area contributed by atoms with Gasteiger partial charge in [-0.1, -0.05) is 15.9 Å². The van der Waals surface area contributed by atoms with Crippen molar-refractivity contribution in [2.75, 3.05) is 23.3 Å². The highest BCUT2D eigenvalue weighted by molar-refractivity contribution is 9.09. The van der Waals surface area contributed by atoms with Crippen LogP contribution in [0.3, 0.4) is 0 Å². The Labute approximate surface area is 121 Å². The van der Waals surface area contributed by atoms with E-state index >= 15 is 0 Å². The quantitative estimate of drug-likeness (QED) is 0.863. The number of hydrogen-bond donors (Lipinski definition) is 1. The molecule has 1 aliphatic rings. The lowest BCUT2D eigenvalue weighted by Gasteiger charge is -2.16. The number of benzene rings is 1. The van der Waals surface area contributed by atoms with Crippen molar-refractivity contribution in [1.29, 1.82) is 0 Å². The van der Waals surface area contributed by atoms with Crippen LogP contribution in [0.4, 0.5) is 5.69 Å². The van der Waals surface area contributed by atoms with E-state index in [0.717, 1.165) is 17.6 Å². The van der Waals surface area contributed by atoms with Gasteiger partial charge in [-0.3, -0.25) is 9.59 Å². The normalized spacial score (nSPS) is 18.7. The highest BCUT2D eigenvalue weighted by atomic mass is 79.9. The molecule has 1 aromatic carbocycles. The molecule has 102 valence electrons. The Bertz CT molecular complexity index is 473. The fraction of sp³-hybridized carbons (Fsp3) is 0.429. The van der Waals surface area contributed by atoms with E-state index in [1.807, 2.05) is 19.1 Å². The molecule has 0 aromatic heterocycles. The van der Waals surface area contributed by atoms with E-state index in [1.54, 1.807) is 17.0 Å². The Morgan fingerprint density at radius 2 is 2.11 bits per heavy atom. The van der Waals surface area contributed by atoms with E-state index in [9.17, 15) is 9.59 Å². The molecule has 2 amide bonds. The summed E-state index contributed by atoms with van der Waals surface area (Å²) >= 11 is 3.42. The van der Waals surface area contributed by atoms with Crippen LogP contribution in [0.1, 0.15) is 23.7 Å². The first-order valence-electron chi connectivity index (χ1n) is 6.40. The second-order valence-corrected chi connectivity index (χ2v) is 5.28. The maximum atomic E-state index is 11.9. The predicted octanol–water partition coefficient (Wildman–Crippen LogP) is 2.18. The van der Waals surface area contributed by atoms with Crippen LogP contribution in [0.15, 0.2) is 24.3 Å². The van der Waals surface area contributed by atoms with Crippen LogP contribution in [-0.4, -0.2) is 30.2 Å². The van der Waals surface area contributed by atoms with Gasteiger partial charge in [-0.25, -0.2) is 0 Å². The van der Waals surface area contributed by atoms with Gasteiger partial charge in [0.2, 0.25) is 5.91 Å². The molecule has 0 aliphatic carbocycles. The summed E-state index contributed by atoms with van der Waals surface area (Å²) in [5, 5.41) is 3.59. The summed E-state index contributed by atoms with van der Waals surface area (Å²) in [5.74, 6) is 0.436. The standard InChI is InChI=1S/C14H17BrN2O2/c1-2-16-14(19)11-3-5-12(6-4-11)17-9-10(8-15)7-13(17)18/h3-6,10H,2,7-9H2,1H3,(H,16,19). The molecule has 2 rings (SSSR count). The van der Waals surface area contributed by atoms with Crippen LogP contribution in [0, 0.1) is 5.92 Å². The van der Waals surface area contributed by atoms with Crippen molar-refractivity contribution in [3.8, 4) is 0 Å². The highest BCUT2D eigenvalue weighted by Crippen LogP contribution is 2.26. The van der Waals surface area contributed by atoms with Crippen molar-refractivity contribution in [1.82, 2.24) is 5.32 Å². The Morgan fingerprint density at radius 1 is 1.42 bits per heavy atom.